The first-order valence-electron chi connectivity index (χ1n) is 10.1. The van der Waals surface area contributed by atoms with Gasteiger partial charge in [-0.15, -0.1) is 24.0 Å². The van der Waals surface area contributed by atoms with E-state index in [2.05, 4.69) is 58.7 Å². The Morgan fingerprint density at radius 3 is 2.96 bits per heavy atom. The van der Waals surface area contributed by atoms with Gasteiger partial charge in [-0.05, 0) is 44.7 Å². The van der Waals surface area contributed by atoms with Gasteiger partial charge < -0.3 is 25.1 Å². The van der Waals surface area contributed by atoms with Crippen LogP contribution in [0, 0.1) is 6.92 Å². The molecular formula is C21H33IN4O2. The molecule has 3 N–H and O–H groups in total. The number of aromatic amines is 1. The highest BCUT2D eigenvalue weighted by Gasteiger charge is 2.15. The molecule has 0 bridgehead atoms. The quantitative estimate of drug-likeness (QED) is 0.214. The summed E-state index contributed by atoms with van der Waals surface area (Å²) in [5, 5.41) is 8.08. The number of fused-ring (bicyclic) bond motifs is 1. The minimum Gasteiger partial charge on any atom is -0.379 e. The number of ether oxygens (including phenoxy) is 2. The Hall–Kier alpha value is -1.32. The first-order chi connectivity index (χ1) is 13.3. The lowest BCUT2D eigenvalue weighted by Crippen LogP contribution is -2.38. The Kier molecular flexibility index (Phi) is 10.1. The molecule has 0 aliphatic carbocycles. The van der Waals surface area contributed by atoms with Crippen LogP contribution in [0.4, 0.5) is 0 Å². The van der Waals surface area contributed by atoms with Crippen molar-refractivity contribution in [2.24, 2.45) is 4.99 Å². The molecule has 1 aromatic heterocycles. The molecule has 1 atom stereocenters. The molecule has 3 rings (SSSR count). The number of benzene rings is 1. The average Bonchev–Trinajstić information content (AvgIpc) is 3.29. The first-order valence-corrected chi connectivity index (χ1v) is 10.1. The second-order valence-electron chi connectivity index (χ2n) is 6.92. The third-order valence-corrected chi connectivity index (χ3v) is 4.85. The topological polar surface area (TPSA) is 70.7 Å². The molecule has 0 radical (unpaired) electrons. The molecule has 0 spiro atoms. The second-order valence-corrected chi connectivity index (χ2v) is 6.92. The molecule has 7 heteroatoms. The van der Waals surface area contributed by atoms with Crippen molar-refractivity contribution in [2.75, 3.05) is 39.5 Å². The van der Waals surface area contributed by atoms with Crippen molar-refractivity contribution in [2.45, 2.75) is 39.2 Å². The van der Waals surface area contributed by atoms with E-state index < -0.39 is 0 Å². The van der Waals surface area contributed by atoms with Gasteiger partial charge in [0.25, 0.3) is 0 Å². The summed E-state index contributed by atoms with van der Waals surface area (Å²) in [6.45, 7) is 9.00. The van der Waals surface area contributed by atoms with Gasteiger partial charge in [0.1, 0.15) is 0 Å². The SMILES string of the molecule is CCNC(=NCCCOC1CCOC1)NCCc1c(C)[nH]c2ccccc12.I. The summed E-state index contributed by atoms with van der Waals surface area (Å²) in [5.74, 6) is 0.874. The first kappa shape index (κ1) is 23.0. The molecule has 1 aliphatic heterocycles. The summed E-state index contributed by atoms with van der Waals surface area (Å²) in [7, 11) is 0. The fourth-order valence-corrected chi connectivity index (χ4v) is 3.45. The summed E-state index contributed by atoms with van der Waals surface area (Å²) in [6.07, 6.45) is 3.18. The number of hydrogen-bond donors (Lipinski definition) is 3. The van der Waals surface area contributed by atoms with Crippen LogP contribution < -0.4 is 10.6 Å². The van der Waals surface area contributed by atoms with Crippen LogP contribution in [0.1, 0.15) is 31.0 Å². The Morgan fingerprint density at radius 2 is 2.18 bits per heavy atom. The van der Waals surface area contributed by atoms with Crippen molar-refractivity contribution < 1.29 is 9.47 Å². The Bertz CT molecular complexity index is 741. The lowest BCUT2D eigenvalue weighted by atomic mass is 10.1. The molecule has 0 saturated carbocycles. The Balaban J connectivity index is 0.00000280. The predicted molar refractivity (Wildman–Crippen MR) is 126 cm³/mol. The zero-order valence-corrected chi connectivity index (χ0v) is 19.3. The summed E-state index contributed by atoms with van der Waals surface area (Å²) in [5.41, 5.74) is 3.83. The zero-order chi connectivity index (χ0) is 18.9. The highest BCUT2D eigenvalue weighted by molar-refractivity contribution is 14.0. The lowest BCUT2D eigenvalue weighted by molar-refractivity contribution is 0.0424. The number of aliphatic imine (C=N–C) groups is 1. The average molecular weight is 500 g/mol. The van der Waals surface area contributed by atoms with Gasteiger partial charge >= 0.3 is 0 Å². The fourth-order valence-electron chi connectivity index (χ4n) is 3.45. The number of aromatic nitrogens is 1. The molecule has 1 saturated heterocycles. The molecule has 0 amide bonds. The smallest absolute Gasteiger partial charge is 0.191 e. The molecule has 1 fully saturated rings. The highest BCUT2D eigenvalue weighted by atomic mass is 127. The number of guanidine groups is 1. The van der Waals surface area contributed by atoms with Gasteiger partial charge in [0, 0.05) is 49.4 Å². The van der Waals surface area contributed by atoms with Crippen molar-refractivity contribution in [3.05, 3.63) is 35.5 Å². The van der Waals surface area contributed by atoms with Gasteiger partial charge in [0.2, 0.25) is 0 Å². The van der Waals surface area contributed by atoms with Crippen LogP contribution in [0.2, 0.25) is 0 Å². The van der Waals surface area contributed by atoms with E-state index in [9.17, 15) is 0 Å². The van der Waals surface area contributed by atoms with E-state index in [-0.39, 0.29) is 30.1 Å². The third-order valence-electron chi connectivity index (χ3n) is 4.85. The van der Waals surface area contributed by atoms with E-state index in [0.29, 0.717) is 0 Å². The van der Waals surface area contributed by atoms with Crippen LogP contribution in [0.15, 0.2) is 29.3 Å². The molecule has 2 aromatic rings. The maximum absolute atomic E-state index is 5.79. The number of H-pyrrole nitrogens is 1. The number of aryl methyl sites for hydroxylation is 1. The van der Waals surface area contributed by atoms with Crippen LogP contribution in [0.3, 0.4) is 0 Å². The largest absolute Gasteiger partial charge is 0.379 e. The normalized spacial score (nSPS) is 16.9. The van der Waals surface area contributed by atoms with Gasteiger partial charge in [0.15, 0.2) is 5.96 Å². The van der Waals surface area contributed by atoms with Crippen molar-refractivity contribution in [1.29, 1.82) is 0 Å². The van der Waals surface area contributed by atoms with Gasteiger partial charge in [-0.1, -0.05) is 18.2 Å². The molecule has 1 aliphatic rings. The predicted octanol–water partition coefficient (Wildman–Crippen LogP) is 3.39. The molecule has 1 unspecified atom stereocenters. The van der Waals surface area contributed by atoms with E-state index in [1.807, 2.05) is 0 Å². The van der Waals surface area contributed by atoms with Crippen molar-refractivity contribution in [3.8, 4) is 0 Å². The van der Waals surface area contributed by atoms with E-state index in [1.165, 1.54) is 22.2 Å². The molecule has 28 heavy (non-hydrogen) atoms. The number of nitrogens with one attached hydrogen (secondary N) is 3. The van der Waals surface area contributed by atoms with Gasteiger partial charge in [0.05, 0.1) is 12.7 Å². The molecular weight excluding hydrogens is 467 g/mol. The van der Waals surface area contributed by atoms with Crippen molar-refractivity contribution >= 4 is 40.8 Å². The number of para-hydroxylation sites is 1. The van der Waals surface area contributed by atoms with Crippen LogP contribution in [0.5, 0.6) is 0 Å². The number of hydrogen-bond acceptors (Lipinski definition) is 3. The summed E-state index contributed by atoms with van der Waals surface area (Å²) >= 11 is 0. The third kappa shape index (κ3) is 6.63. The van der Waals surface area contributed by atoms with E-state index >= 15 is 0 Å². The monoisotopic (exact) mass is 500 g/mol. The van der Waals surface area contributed by atoms with Crippen LogP contribution >= 0.6 is 24.0 Å². The highest BCUT2D eigenvalue weighted by Crippen LogP contribution is 2.21. The molecule has 156 valence electrons. The molecule has 6 nitrogen and oxygen atoms in total. The molecule has 1 aromatic carbocycles. The Morgan fingerprint density at radius 1 is 1.32 bits per heavy atom. The zero-order valence-electron chi connectivity index (χ0n) is 16.9. The summed E-state index contributed by atoms with van der Waals surface area (Å²) in [6, 6.07) is 8.48. The maximum Gasteiger partial charge on any atom is 0.191 e. The summed E-state index contributed by atoms with van der Waals surface area (Å²) in [4.78, 5) is 8.12. The van der Waals surface area contributed by atoms with Crippen LogP contribution in [0.25, 0.3) is 10.9 Å². The van der Waals surface area contributed by atoms with Gasteiger partial charge in [-0.2, -0.15) is 0 Å². The lowest BCUT2D eigenvalue weighted by Gasteiger charge is -2.12. The number of rotatable bonds is 9. The van der Waals surface area contributed by atoms with E-state index in [4.69, 9.17) is 9.47 Å². The minimum atomic E-state index is 0. The standard InChI is InChI=1S/C21H32N4O2.HI/c1-3-22-21(23-11-6-13-27-17-10-14-26-15-17)24-12-9-18-16(2)25-20-8-5-4-7-19(18)20;/h4-5,7-8,17,25H,3,6,9-15H2,1-2H3,(H2,22,23,24);1H. The number of nitrogens with zero attached hydrogens (tertiary/aromatic N) is 1. The summed E-state index contributed by atoms with van der Waals surface area (Å²) < 4.78 is 11.1. The van der Waals surface area contributed by atoms with E-state index in [0.717, 1.165) is 64.7 Å². The van der Waals surface area contributed by atoms with Crippen molar-refractivity contribution in [3.63, 3.8) is 0 Å². The number of halogens is 1. The van der Waals surface area contributed by atoms with E-state index in [1.54, 1.807) is 0 Å². The fraction of sp³-hybridized carbons (Fsp3) is 0.571. The maximum atomic E-state index is 5.79. The van der Waals surface area contributed by atoms with Crippen LogP contribution in [-0.2, 0) is 15.9 Å². The minimum absolute atomic E-state index is 0. The Labute approximate surface area is 184 Å². The van der Waals surface area contributed by atoms with Crippen molar-refractivity contribution in [1.82, 2.24) is 15.6 Å². The van der Waals surface area contributed by atoms with Crippen LogP contribution in [-0.4, -0.2) is 56.5 Å². The van der Waals surface area contributed by atoms with Gasteiger partial charge in [-0.3, -0.25) is 4.99 Å². The second kappa shape index (κ2) is 12.3. The van der Waals surface area contributed by atoms with Gasteiger partial charge in [-0.25, -0.2) is 0 Å². The molecule has 2 heterocycles.